The quantitative estimate of drug-likeness (QED) is 0.864. The summed E-state index contributed by atoms with van der Waals surface area (Å²) in [4.78, 5) is 4.95. The second kappa shape index (κ2) is 5.42. The van der Waals surface area contributed by atoms with E-state index in [0.29, 0.717) is 11.3 Å². The van der Waals surface area contributed by atoms with Gasteiger partial charge in [0.2, 0.25) is 0 Å². The molecule has 1 heterocycles. The normalized spacial score (nSPS) is 24.6. The van der Waals surface area contributed by atoms with Crippen molar-refractivity contribution in [1.29, 1.82) is 0 Å². The van der Waals surface area contributed by atoms with Crippen LogP contribution in [0.15, 0.2) is 5.38 Å². The Kier molecular flexibility index (Phi) is 3.93. The fraction of sp³-hybridized carbons (Fsp3) is 0.824. The number of nitrogens with zero attached hydrogens (tertiary/aromatic N) is 1. The van der Waals surface area contributed by atoms with Crippen molar-refractivity contribution < 1.29 is 0 Å². The largest absolute Gasteiger partial charge is 0.308 e. The van der Waals surface area contributed by atoms with E-state index in [9.17, 15) is 0 Å². The van der Waals surface area contributed by atoms with Crippen LogP contribution in [0.3, 0.4) is 0 Å². The number of rotatable bonds is 3. The van der Waals surface area contributed by atoms with Gasteiger partial charge in [-0.1, -0.05) is 26.7 Å². The summed E-state index contributed by atoms with van der Waals surface area (Å²) in [6.45, 7) is 4.47. The molecular formula is C17H28N2S. The lowest BCUT2D eigenvalue weighted by Crippen LogP contribution is -2.45. The van der Waals surface area contributed by atoms with Gasteiger partial charge in [-0.2, -0.15) is 0 Å². The smallest absolute Gasteiger partial charge is 0.113 e. The zero-order valence-electron chi connectivity index (χ0n) is 13.2. The van der Waals surface area contributed by atoms with Crippen molar-refractivity contribution in [3.8, 4) is 0 Å². The highest BCUT2D eigenvalue weighted by atomic mass is 32.1. The maximum absolute atomic E-state index is 4.95. The van der Waals surface area contributed by atoms with Gasteiger partial charge in [0.1, 0.15) is 5.01 Å². The molecule has 0 atom stereocenters. The average molecular weight is 292 g/mol. The van der Waals surface area contributed by atoms with Crippen LogP contribution in [-0.4, -0.2) is 12.0 Å². The first-order valence-electron chi connectivity index (χ1n) is 8.24. The zero-order valence-corrected chi connectivity index (χ0v) is 14.0. The van der Waals surface area contributed by atoms with Gasteiger partial charge >= 0.3 is 0 Å². The second-order valence-electron chi connectivity index (χ2n) is 7.27. The Hall–Kier alpha value is -0.410. The van der Waals surface area contributed by atoms with E-state index in [2.05, 4.69) is 31.6 Å². The molecule has 3 heteroatoms. The molecule has 0 radical (unpaired) electrons. The highest BCUT2D eigenvalue weighted by molar-refractivity contribution is 7.09. The Labute approximate surface area is 127 Å². The lowest BCUT2D eigenvalue weighted by molar-refractivity contribution is 0.114. The highest BCUT2D eigenvalue weighted by Gasteiger charge is 2.45. The molecule has 20 heavy (non-hydrogen) atoms. The topological polar surface area (TPSA) is 24.9 Å². The van der Waals surface area contributed by atoms with Gasteiger partial charge < -0.3 is 5.32 Å². The van der Waals surface area contributed by atoms with Gasteiger partial charge in [-0.3, -0.25) is 0 Å². The molecule has 1 N–H and O–H groups in total. The zero-order chi connectivity index (χ0) is 14.2. The summed E-state index contributed by atoms with van der Waals surface area (Å²) in [5.41, 5.74) is 2.12. The first-order chi connectivity index (χ1) is 9.59. The van der Waals surface area contributed by atoms with Crippen molar-refractivity contribution in [2.24, 2.45) is 5.41 Å². The number of aromatic nitrogens is 1. The van der Waals surface area contributed by atoms with Crippen LogP contribution in [-0.2, 0) is 5.54 Å². The van der Waals surface area contributed by atoms with E-state index in [-0.39, 0.29) is 5.54 Å². The molecule has 2 aliphatic rings. The predicted octanol–water partition coefficient (Wildman–Crippen LogP) is 4.82. The van der Waals surface area contributed by atoms with Gasteiger partial charge in [-0.05, 0) is 56.9 Å². The minimum absolute atomic E-state index is 0.158. The van der Waals surface area contributed by atoms with E-state index in [0.717, 1.165) is 0 Å². The summed E-state index contributed by atoms with van der Waals surface area (Å²) < 4.78 is 0. The third-order valence-electron chi connectivity index (χ3n) is 5.83. The van der Waals surface area contributed by atoms with E-state index in [1.807, 2.05) is 11.3 Å². The van der Waals surface area contributed by atoms with Crippen LogP contribution < -0.4 is 5.32 Å². The number of hydrogen-bond acceptors (Lipinski definition) is 3. The first-order valence-corrected chi connectivity index (χ1v) is 9.12. The molecule has 2 aliphatic carbocycles. The van der Waals surface area contributed by atoms with Crippen LogP contribution in [0, 0.1) is 5.41 Å². The molecule has 1 aromatic rings. The van der Waals surface area contributed by atoms with E-state index < -0.39 is 0 Å². The van der Waals surface area contributed by atoms with Crippen molar-refractivity contribution in [3.63, 3.8) is 0 Å². The Balaban J connectivity index is 1.78. The molecule has 0 aliphatic heterocycles. The fourth-order valence-electron chi connectivity index (χ4n) is 4.17. The Bertz CT molecular complexity index is 447. The predicted molar refractivity (Wildman–Crippen MR) is 86.3 cm³/mol. The Morgan fingerprint density at radius 1 is 1.10 bits per heavy atom. The maximum Gasteiger partial charge on any atom is 0.113 e. The van der Waals surface area contributed by atoms with Gasteiger partial charge in [0.25, 0.3) is 0 Å². The van der Waals surface area contributed by atoms with Crippen LogP contribution in [0.1, 0.15) is 81.8 Å². The van der Waals surface area contributed by atoms with E-state index in [1.165, 1.54) is 62.1 Å². The van der Waals surface area contributed by atoms with E-state index >= 15 is 0 Å². The SMILES string of the molecule is CNC1(c2nc(C(C)C)cs2)CCC2(CCCC2)CC1. The molecule has 1 aromatic heterocycles. The second-order valence-corrected chi connectivity index (χ2v) is 8.13. The summed E-state index contributed by atoms with van der Waals surface area (Å²) in [5, 5.41) is 7.23. The molecule has 0 saturated heterocycles. The molecule has 0 unspecified atom stereocenters. The summed E-state index contributed by atoms with van der Waals surface area (Å²) in [6.07, 6.45) is 11.2. The standard InChI is InChI=1S/C17H28N2S/c1-13(2)14-12-20-15(19-14)17(18-3)10-8-16(9-11-17)6-4-5-7-16/h12-13,18H,4-11H2,1-3H3. The third-order valence-corrected chi connectivity index (χ3v) is 6.89. The monoisotopic (exact) mass is 292 g/mol. The summed E-state index contributed by atoms with van der Waals surface area (Å²) >= 11 is 1.87. The molecule has 0 bridgehead atoms. The van der Waals surface area contributed by atoms with Crippen LogP contribution in [0.2, 0.25) is 0 Å². The van der Waals surface area contributed by atoms with Crippen molar-refractivity contribution in [3.05, 3.63) is 16.1 Å². The lowest BCUT2D eigenvalue weighted by atomic mass is 9.66. The van der Waals surface area contributed by atoms with Gasteiger partial charge in [0.15, 0.2) is 0 Å². The molecule has 112 valence electrons. The van der Waals surface area contributed by atoms with Crippen LogP contribution in [0.5, 0.6) is 0 Å². The molecule has 3 rings (SSSR count). The summed E-state index contributed by atoms with van der Waals surface area (Å²) in [7, 11) is 2.13. The van der Waals surface area contributed by atoms with Gasteiger partial charge in [-0.15, -0.1) is 11.3 Å². The molecular weight excluding hydrogens is 264 g/mol. The van der Waals surface area contributed by atoms with Crippen molar-refractivity contribution >= 4 is 11.3 Å². The fourth-order valence-corrected chi connectivity index (χ4v) is 5.42. The summed E-state index contributed by atoms with van der Waals surface area (Å²) in [5.74, 6) is 0.540. The molecule has 1 spiro atoms. The van der Waals surface area contributed by atoms with Gasteiger partial charge in [0, 0.05) is 5.38 Å². The minimum atomic E-state index is 0.158. The Morgan fingerprint density at radius 2 is 1.75 bits per heavy atom. The van der Waals surface area contributed by atoms with E-state index in [1.54, 1.807) is 0 Å². The van der Waals surface area contributed by atoms with Crippen LogP contribution in [0.4, 0.5) is 0 Å². The third kappa shape index (κ3) is 2.43. The van der Waals surface area contributed by atoms with Gasteiger partial charge in [0.05, 0.1) is 11.2 Å². The molecule has 2 fully saturated rings. The molecule has 2 nitrogen and oxygen atoms in total. The first kappa shape index (κ1) is 14.5. The average Bonchev–Trinajstić information content (AvgIpc) is 3.10. The Morgan fingerprint density at radius 3 is 2.25 bits per heavy atom. The van der Waals surface area contributed by atoms with Gasteiger partial charge in [-0.25, -0.2) is 4.98 Å². The number of nitrogens with one attached hydrogen (secondary N) is 1. The maximum atomic E-state index is 4.95. The number of hydrogen-bond donors (Lipinski definition) is 1. The van der Waals surface area contributed by atoms with Crippen LogP contribution >= 0.6 is 11.3 Å². The highest BCUT2D eigenvalue weighted by Crippen LogP contribution is 2.53. The van der Waals surface area contributed by atoms with Crippen molar-refractivity contribution in [1.82, 2.24) is 10.3 Å². The molecule has 0 amide bonds. The lowest BCUT2D eigenvalue weighted by Gasteiger charge is -2.44. The minimum Gasteiger partial charge on any atom is -0.308 e. The van der Waals surface area contributed by atoms with E-state index in [4.69, 9.17) is 4.98 Å². The molecule has 2 saturated carbocycles. The van der Waals surface area contributed by atoms with Crippen LogP contribution in [0.25, 0.3) is 0 Å². The molecule has 0 aromatic carbocycles. The van der Waals surface area contributed by atoms with Crippen molar-refractivity contribution in [2.75, 3.05) is 7.05 Å². The summed E-state index contributed by atoms with van der Waals surface area (Å²) in [6, 6.07) is 0. The number of thiazole rings is 1. The van der Waals surface area contributed by atoms with Crippen molar-refractivity contribution in [2.45, 2.75) is 76.7 Å².